The summed E-state index contributed by atoms with van der Waals surface area (Å²) in [6.07, 6.45) is 4.09. The van der Waals surface area contributed by atoms with Gasteiger partial charge in [0.05, 0.1) is 23.8 Å². The molecular weight excluding hydrogens is 387 g/mol. The molecule has 0 bridgehead atoms. The summed E-state index contributed by atoms with van der Waals surface area (Å²) in [5, 5.41) is 0. The molecule has 5 rings (SSSR count). The smallest absolute Gasteiger partial charge is 0.256 e. The van der Waals surface area contributed by atoms with Crippen molar-refractivity contribution in [1.82, 2.24) is 19.8 Å². The molecule has 0 spiro atoms. The third kappa shape index (κ3) is 3.40. The quantitative estimate of drug-likeness (QED) is 0.840. The van der Waals surface area contributed by atoms with Crippen molar-refractivity contribution in [2.75, 3.05) is 13.1 Å². The average Bonchev–Trinajstić information content (AvgIpc) is 3.49. The molecule has 156 valence electrons. The Hall–Kier alpha value is -3.03. The van der Waals surface area contributed by atoms with Crippen molar-refractivity contribution < 1.29 is 14.0 Å². The van der Waals surface area contributed by atoms with Crippen LogP contribution < -0.4 is 5.56 Å². The fourth-order valence-corrected chi connectivity index (χ4v) is 4.43. The SMILES string of the molecule is O=C(c1ccc(F)cc1)N1CCc2nc(C3CCCN3C(=O)C3CC3)[nH]c(=O)c2C1. The van der Waals surface area contributed by atoms with Gasteiger partial charge in [-0.2, -0.15) is 0 Å². The molecule has 2 aliphatic heterocycles. The van der Waals surface area contributed by atoms with Crippen LogP contribution in [0.4, 0.5) is 4.39 Å². The van der Waals surface area contributed by atoms with Crippen LogP contribution in [0.1, 0.15) is 59.2 Å². The highest BCUT2D eigenvalue weighted by atomic mass is 19.1. The Morgan fingerprint density at radius 1 is 1.10 bits per heavy atom. The number of rotatable bonds is 3. The zero-order valence-electron chi connectivity index (χ0n) is 16.6. The predicted octanol–water partition coefficient (Wildman–Crippen LogP) is 2.18. The maximum absolute atomic E-state index is 13.1. The molecule has 1 atom stereocenters. The normalized spacial score (nSPS) is 20.9. The summed E-state index contributed by atoms with van der Waals surface area (Å²) >= 11 is 0. The number of amides is 2. The van der Waals surface area contributed by atoms with Crippen molar-refractivity contribution in [3.63, 3.8) is 0 Å². The number of carbonyl (C=O) groups excluding carboxylic acids is 2. The summed E-state index contributed by atoms with van der Waals surface area (Å²) in [5.41, 5.74) is 1.32. The molecule has 1 N–H and O–H groups in total. The monoisotopic (exact) mass is 410 g/mol. The van der Waals surface area contributed by atoms with Crippen molar-refractivity contribution in [2.45, 2.75) is 44.7 Å². The number of likely N-dealkylation sites (tertiary alicyclic amines) is 1. The number of nitrogens with zero attached hydrogens (tertiary/aromatic N) is 3. The maximum atomic E-state index is 13.1. The lowest BCUT2D eigenvalue weighted by Crippen LogP contribution is -2.40. The molecule has 3 heterocycles. The molecule has 1 aromatic carbocycles. The molecule has 2 amide bonds. The zero-order valence-corrected chi connectivity index (χ0v) is 16.6. The number of aromatic amines is 1. The van der Waals surface area contributed by atoms with E-state index >= 15 is 0 Å². The van der Waals surface area contributed by atoms with Gasteiger partial charge in [-0.05, 0) is 49.9 Å². The van der Waals surface area contributed by atoms with Gasteiger partial charge in [0, 0.05) is 31.0 Å². The first-order valence-corrected chi connectivity index (χ1v) is 10.5. The summed E-state index contributed by atoms with van der Waals surface area (Å²) < 4.78 is 13.1. The molecule has 30 heavy (non-hydrogen) atoms. The number of benzene rings is 1. The number of halogens is 1. The van der Waals surface area contributed by atoms with E-state index in [9.17, 15) is 18.8 Å². The molecule has 1 aliphatic carbocycles. The Morgan fingerprint density at radius 2 is 1.87 bits per heavy atom. The van der Waals surface area contributed by atoms with Crippen molar-refractivity contribution >= 4 is 11.8 Å². The molecule has 8 heteroatoms. The Bertz CT molecular complexity index is 1060. The molecule has 2 fully saturated rings. The fourth-order valence-electron chi connectivity index (χ4n) is 4.43. The highest BCUT2D eigenvalue weighted by Crippen LogP contribution is 2.37. The second kappa shape index (κ2) is 7.34. The van der Waals surface area contributed by atoms with Gasteiger partial charge < -0.3 is 14.8 Å². The molecule has 2 aromatic rings. The molecule has 1 unspecified atom stereocenters. The summed E-state index contributed by atoms with van der Waals surface area (Å²) in [7, 11) is 0. The van der Waals surface area contributed by atoms with Gasteiger partial charge in [0.15, 0.2) is 0 Å². The summed E-state index contributed by atoms with van der Waals surface area (Å²) in [5.74, 6) is 0.240. The lowest BCUT2D eigenvalue weighted by atomic mass is 10.0. The van der Waals surface area contributed by atoms with E-state index < -0.39 is 5.82 Å². The number of nitrogens with one attached hydrogen (secondary N) is 1. The number of hydrogen-bond donors (Lipinski definition) is 1. The summed E-state index contributed by atoms with van der Waals surface area (Å²) in [4.78, 5) is 49.2. The second-order valence-corrected chi connectivity index (χ2v) is 8.32. The highest BCUT2D eigenvalue weighted by molar-refractivity contribution is 5.94. The largest absolute Gasteiger partial charge is 0.334 e. The van der Waals surface area contributed by atoms with Crippen molar-refractivity contribution in [1.29, 1.82) is 0 Å². The van der Waals surface area contributed by atoms with Crippen molar-refractivity contribution in [3.8, 4) is 0 Å². The van der Waals surface area contributed by atoms with Crippen LogP contribution in [0.5, 0.6) is 0 Å². The van der Waals surface area contributed by atoms with E-state index in [0.717, 1.165) is 25.7 Å². The van der Waals surface area contributed by atoms with Crippen LogP contribution in [-0.2, 0) is 17.8 Å². The van der Waals surface area contributed by atoms with E-state index in [0.29, 0.717) is 42.2 Å². The van der Waals surface area contributed by atoms with Gasteiger partial charge >= 0.3 is 0 Å². The standard InChI is InChI=1S/C22H23FN4O3/c23-15-7-5-13(6-8-15)21(29)26-11-9-17-16(12-26)20(28)25-19(24-17)18-2-1-10-27(18)22(30)14-3-4-14/h5-8,14,18H,1-4,9-12H2,(H,24,25,28). The number of aromatic nitrogens is 2. The van der Waals surface area contributed by atoms with Crippen LogP contribution in [0.2, 0.25) is 0 Å². The van der Waals surface area contributed by atoms with E-state index in [1.165, 1.54) is 24.3 Å². The summed E-state index contributed by atoms with van der Waals surface area (Å²) in [6, 6.07) is 5.23. The van der Waals surface area contributed by atoms with E-state index in [1.807, 2.05) is 4.90 Å². The lowest BCUT2D eigenvalue weighted by Gasteiger charge is -2.29. The van der Waals surface area contributed by atoms with Crippen molar-refractivity contribution in [3.05, 3.63) is 63.1 Å². The van der Waals surface area contributed by atoms with Crippen LogP contribution in [0.15, 0.2) is 29.1 Å². The number of hydrogen-bond acceptors (Lipinski definition) is 4. The van der Waals surface area contributed by atoms with Gasteiger partial charge in [-0.25, -0.2) is 9.37 Å². The molecule has 1 saturated carbocycles. The predicted molar refractivity (Wildman–Crippen MR) is 106 cm³/mol. The molecule has 3 aliphatic rings. The number of H-pyrrole nitrogens is 1. The minimum atomic E-state index is -0.398. The van der Waals surface area contributed by atoms with Crippen LogP contribution >= 0.6 is 0 Å². The van der Waals surface area contributed by atoms with Crippen LogP contribution in [-0.4, -0.2) is 44.7 Å². The first-order chi connectivity index (χ1) is 14.5. The Morgan fingerprint density at radius 3 is 2.60 bits per heavy atom. The molecule has 7 nitrogen and oxygen atoms in total. The van der Waals surface area contributed by atoms with Crippen LogP contribution in [0.3, 0.4) is 0 Å². The Kier molecular flexibility index (Phi) is 4.64. The average molecular weight is 410 g/mol. The van der Waals surface area contributed by atoms with Gasteiger partial charge in [-0.15, -0.1) is 0 Å². The van der Waals surface area contributed by atoms with Crippen molar-refractivity contribution in [2.24, 2.45) is 5.92 Å². The van der Waals surface area contributed by atoms with E-state index in [-0.39, 0.29) is 35.9 Å². The maximum Gasteiger partial charge on any atom is 0.256 e. The van der Waals surface area contributed by atoms with Crippen LogP contribution in [0.25, 0.3) is 0 Å². The minimum absolute atomic E-state index is 0.140. The van der Waals surface area contributed by atoms with E-state index in [2.05, 4.69) is 4.98 Å². The Labute approximate surface area is 172 Å². The molecular formula is C22H23FN4O3. The second-order valence-electron chi connectivity index (χ2n) is 8.32. The topological polar surface area (TPSA) is 86.4 Å². The molecule has 1 saturated heterocycles. The molecule has 1 aromatic heterocycles. The van der Waals surface area contributed by atoms with Gasteiger partial charge in [0.25, 0.3) is 11.5 Å². The van der Waals surface area contributed by atoms with Gasteiger partial charge in [0.1, 0.15) is 11.6 Å². The van der Waals surface area contributed by atoms with Crippen LogP contribution in [0, 0.1) is 11.7 Å². The highest BCUT2D eigenvalue weighted by Gasteiger charge is 2.40. The minimum Gasteiger partial charge on any atom is -0.334 e. The fraction of sp³-hybridized carbons (Fsp3) is 0.455. The third-order valence-electron chi connectivity index (χ3n) is 6.24. The van der Waals surface area contributed by atoms with E-state index in [1.54, 1.807) is 4.90 Å². The lowest BCUT2D eigenvalue weighted by molar-refractivity contribution is -0.133. The first-order valence-electron chi connectivity index (χ1n) is 10.5. The van der Waals surface area contributed by atoms with Gasteiger partial charge in [-0.3, -0.25) is 14.4 Å². The zero-order chi connectivity index (χ0) is 20.8. The number of carbonyl (C=O) groups is 2. The first kappa shape index (κ1) is 19.0. The molecule has 0 radical (unpaired) electrons. The van der Waals surface area contributed by atoms with Gasteiger partial charge in [-0.1, -0.05) is 0 Å². The third-order valence-corrected chi connectivity index (χ3v) is 6.24. The Balaban J connectivity index is 1.37. The summed E-state index contributed by atoms with van der Waals surface area (Å²) in [6.45, 7) is 1.32. The van der Waals surface area contributed by atoms with E-state index in [4.69, 9.17) is 4.98 Å². The number of fused-ring (bicyclic) bond motifs is 1. The van der Waals surface area contributed by atoms with Gasteiger partial charge in [0.2, 0.25) is 5.91 Å².